The monoisotopic (exact) mass is 562 g/mol. The Morgan fingerprint density at radius 1 is 0.900 bits per heavy atom. The number of carbonyl (C=O) groups excluding carboxylic acids is 2. The minimum absolute atomic E-state index is 0.110. The second-order valence-corrected chi connectivity index (χ2v) is 10.6. The van der Waals surface area contributed by atoms with E-state index in [-0.39, 0.29) is 19.1 Å². The second kappa shape index (κ2) is 14.0. The molecule has 0 saturated carbocycles. The van der Waals surface area contributed by atoms with Crippen molar-refractivity contribution in [2.24, 2.45) is 0 Å². The lowest BCUT2D eigenvalue weighted by Crippen LogP contribution is -2.55. The van der Waals surface area contributed by atoms with E-state index >= 15 is 0 Å². The SMILES string of the molecule is CSCCC(NC(=O)OCC1c2ccccc2-c2ccccc21)C(=O)N[C@@H](C(=O)O)[C@H](C)OCc1ccccc1. The first-order valence-corrected chi connectivity index (χ1v) is 14.6. The highest BCUT2D eigenvalue weighted by atomic mass is 32.2. The number of alkyl carbamates (subject to hydrolysis) is 1. The average molecular weight is 563 g/mol. The van der Waals surface area contributed by atoms with Crippen LogP contribution in [0.3, 0.4) is 0 Å². The fourth-order valence-corrected chi connectivity index (χ4v) is 5.29. The lowest BCUT2D eigenvalue weighted by molar-refractivity contribution is -0.146. The van der Waals surface area contributed by atoms with Crippen LogP contribution in [0.2, 0.25) is 0 Å². The molecule has 210 valence electrons. The van der Waals surface area contributed by atoms with Gasteiger partial charge in [0.1, 0.15) is 12.6 Å². The van der Waals surface area contributed by atoms with Crippen LogP contribution in [-0.4, -0.2) is 59.9 Å². The van der Waals surface area contributed by atoms with Crippen LogP contribution in [0.25, 0.3) is 11.1 Å². The molecule has 1 unspecified atom stereocenters. The maximum atomic E-state index is 13.2. The normalized spacial score (nSPS) is 14.3. The Morgan fingerprint density at radius 2 is 1.50 bits per heavy atom. The molecule has 0 saturated heterocycles. The molecule has 3 aromatic carbocycles. The van der Waals surface area contributed by atoms with Crippen molar-refractivity contribution in [1.29, 1.82) is 0 Å². The van der Waals surface area contributed by atoms with E-state index in [4.69, 9.17) is 9.47 Å². The average Bonchev–Trinajstić information content (AvgIpc) is 3.29. The van der Waals surface area contributed by atoms with Crippen molar-refractivity contribution in [3.8, 4) is 11.1 Å². The number of carboxylic acid groups (broad SMARTS) is 1. The third-order valence-corrected chi connectivity index (χ3v) is 7.60. The highest BCUT2D eigenvalue weighted by Gasteiger charge is 2.32. The van der Waals surface area contributed by atoms with Gasteiger partial charge in [0, 0.05) is 5.92 Å². The summed E-state index contributed by atoms with van der Waals surface area (Å²) in [6.07, 6.45) is 0.658. The quantitative estimate of drug-likeness (QED) is 0.274. The summed E-state index contributed by atoms with van der Waals surface area (Å²) in [4.78, 5) is 38.0. The van der Waals surface area contributed by atoms with E-state index < -0.39 is 36.2 Å². The first kappa shape index (κ1) is 29.2. The van der Waals surface area contributed by atoms with Gasteiger partial charge in [-0.05, 0) is 53.2 Å². The van der Waals surface area contributed by atoms with Gasteiger partial charge in [-0.25, -0.2) is 9.59 Å². The summed E-state index contributed by atoms with van der Waals surface area (Å²) in [7, 11) is 0. The molecular weight excluding hydrogens is 528 g/mol. The molecule has 3 N–H and O–H groups in total. The number of fused-ring (bicyclic) bond motifs is 3. The second-order valence-electron chi connectivity index (χ2n) is 9.63. The van der Waals surface area contributed by atoms with Crippen molar-refractivity contribution in [2.45, 2.75) is 44.1 Å². The molecule has 3 atom stereocenters. The van der Waals surface area contributed by atoms with E-state index in [0.29, 0.717) is 12.2 Å². The fourth-order valence-electron chi connectivity index (χ4n) is 4.82. The predicted molar refractivity (Wildman–Crippen MR) is 155 cm³/mol. The van der Waals surface area contributed by atoms with Crippen molar-refractivity contribution < 1.29 is 29.0 Å². The maximum absolute atomic E-state index is 13.2. The molecule has 9 heteroatoms. The molecule has 2 amide bonds. The smallest absolute Gasteiger partial charge is 0.407 e. The van der Waals surface area contributed by atoms with Gasteiger partial charge in [0.2, 0.25) is 5.91 Å². The third-order valence-electron chi connectivity index (χ3n) is 6.95. The minimum Gasteiger partial charge on any atom is -0.480 e. The van der Waals surface area contributed by atoms with Crippen molar-refractivity contribution in [1.82, 2.24) is 10.6 Å². The van der Waals surface area contributed by atoms with Crippen molar-refractivity contribution in [3.05, 3.63) is 95.6 Å². The molecule has 3 aromatic rings. The Bertz CT molecular complexity index is 1270. The Labute approximate surface area is 238 Å². The van der Waals surface area contributed by atoms with Crippen LogP contribution in [0, 0.1) is 0 Å². The summed E-state index contributed by atoms with van der Waals surface area (Å²) in [6.45, 7) is 1.91. The van der Waals surface area contributed by atoms with Crippen LogP contribution < -0.4 is 10.6 Å². The summed E-state index contributed by atoms with van der Waals surface area (Å²) in [5.74, 6) is -1.36. The van der Waals surface area contributed by atoms with E-state index in [9.17, 15) is 19.5 Å². The molecular formula is C31H34N2O6S. The fraction of sp³-hybridized carbons (Fsp3) is 0.323. The van der Waals surface area contributed by atoms with Gasteiger partial charge in [0.25, 0.3) is 0 Å². The van der Waals surface area contributed by atoms with Gasteiger partial charge >= 0.3 is 12.1 Å². The zero-order valence-corrected chi connectivity index (χ0v) is 23.4. The van der Waals surface area contributed by atoms with E-state index in [1.54, 1.807) is 6.92 Å². The Balaban J connectivity index is 1.37. The number of thioether (sulfide) groups is 1. The van der Waals surface area contributed by atoms with Crippen LogP contribution in [-0.2, 0) is 25.7 Å². The highest BCUT2D eigenvalue weighted by molar-refractivity contribution is 7.98. The van der Waals surface area contributed by atoms with Gasteiger partial charge < -0.3 is 25.2 Å². The molecule has 40 heavy (non-hydrogen) atoms. The van der Waals surface area contributed by atoms with Crippen LogP contribution in [0.5, 0.6) is 0 Å². The van der Waals surface area contributed by atoms with Gasteiger partial charge in [0.05, 0.1) is 12.7 Å². The zero-order valence-electron chi connectivity index (χ0n) is 22.5. The van der Waals surface area contributed by atoms with E-state index in [0.717, 1.165) is 27.8 Å². The largest absolute Gasteiger partial charge is 0.480 e. The number of ether oxygens (including phenoxy) is 2. The van der Waals surface area contributed by atoms with Crippen LogP contribution in [0.4, 0.5) is 4.79 Å². The summed E-state index contributed by atoms with van der Waals surface area (Å²) < 4.78 is 11.3. The number of nitrogens with one attached hydrogen (secondary N) is 2. The van der Waals surface area contributed by atoms with E-state index in [1.807, 2.05) is 73.0 Å². The Hall–Kier alpha value is -3.82. The summed E-state index contributed by atoms with van der Waals surface area (Å²) in [6, 6.07) is 23.2. The van der Waals surface area contributed by atoms with Gasteiger partial charge in [0.15, 0.2) is 6.04 Å². The zero-order chi connectivity index (χ0) is 28.5. The van der Waals surface area contributed by atoms with Gasteiger partial charge in [-0.3, -0.25) is 4.79 Å². The maximum Gasteiger partial charge on any atom is 0.407 e. The van der Waals surface area contributed by atoms with Crippen molar-refractivity contribution in [2.75, 3.05) is 18.6 Å². The molecule has 0 fully saturated rings. The van der Waals surface area contributed by atoms with Gasteiger partial charge in [-0.1, -0.05) is 78.9 Å². The summed E-state index contributed by atoms with van der Waals surface area (Å²) in [5.41, 5.74) is 5.30. The standard InChI is InChI=1S/C31H34N2O6S/c1-20(38-18-21-10-4-3-5-11-21)28(30(35)36)33-29(34)27(16-17-40-2)32-31(37)39-19-26-24-14-8-6-12-22(24)23-13-7-9-15-25(23)26/h3-15,20,26-28H,16-19H2,1-2H3,(H,32,37)(H,33,34)(H,35,36)/t20-,27?,28+/m0/s1. The number of hydrogen-bond donors (Lipinski definition) is 3. The summed E-state index contributed by atoms with van der Waals surface area (Å²) in [5, 5.41) is 15.0. The number of amides is 2. The lowest BCUT2D eigenvalue weighted by Gasteiger charge is -2.25. The van der Waals surface area contributed by atoms with Crippen LogP contribution in [0.1, 0.15) is 36.0 Å². The van der Waals surface area contributed by atoms with Gasteiger partial charge in [-0.15, -0.1) is 0 Å². The number of hydrogen-bond acceptors (Lipinski definition) is 6. The van der Waals surface area contributed by atoms with Crippen molar-refractivity contribution >= 4 is 29.7 Å². The topological polar surface area (TPSA) is 114 Å². The predicted octanol–water partition coefficient (Wildman–Crippen LogP) is 4.82. The molecule has 0 radical (unpaired) electrons. The number of carbonyl (C=O) groups is 3. The first-order chi connectivity index (χ1) is 19.4. The number of benzene rings is 3. The molecule has 1 aliphatic carbocycles. The third kappa shape index (κ3) is 7.22. The molecule has 0 bridgehead atoms. The molecule has 1 aliphatic rings. The van der Waals surface area contributed by atoms with Crippen molar-refractivity contribution in [3.63, 3.8) is 0 Å². The number of rotatable bonds is 13. The van der Waals surface area contributed by atoms with Crippen LogP contribution in [0.15, 0.2) is 78.9 Å². The molecule has 8 nitrogen and oxygen atoms in total. The molecule has 0 aromatic heterocycles. The lowest BCUT2D eigenvalue weighted by atomic mass is 9.98. The van der Waals surface area contributed by atoms with E-state index in [1.165, 1.54) is 11.8 Å². The molecule has 0 heterocycles. The Kier molecular flexibility index (Phi) is 10.2. The molecule has 0 aliphatic heterocycles. The molecule has 4 rings (SSSR count). The minimum atomic E-state index is -1.29. The number of aliphatic carboxylic acids is 1. The number of carboxylic acids is 1. The van der Waals surface area contributed by atoms with Gasteiger partial charge in [-0.2, -0.15) is 11.8 Å². The highest BCUT2D eigenvalue weighted by Crippen LogP contribution is 2.44. The first-order valence-electron chi connectivity index (χ1n) is 13.2. The summed E-state index contributed by atoms with van der Waals surface area (Å²) >= 11 is 1.52. The van der Waals surface area contributed by atoms with E-state index in [2.05, 4.69) is 22.8 Å². The molecule has 0 spiro atoms. The van der Waals surface area contributed by atoms with Crippen LogP contribution >= 0.6 is 11.8 Å². The Morgan fingerprint density at radius 3 is 2.10 bits per heavy atom.